The summed E-state index contributed by atoms with van der Waals surface area (Å²) in [5.41, 5.74) is 5.59. The standard InChI is InChI=1S/C7H18NO4P/c1-5-12-6(8)7(2,3)13(9,10)11-4/h6H,5,8H2,1-4H3,(H,9,10). The zero-order chi connectivity index (χ0) is 10.7. The third-order valence-corrected chi connectivity index (χ3v) is 4.22. The summed E-state index contributed by atoms with van der Waals surface area (Å²) in [4.78, 5) is 9.42. The molecule has 0 aromatic rings. The molecule has 2 atom stereocenters. The first-order chi connectivity index (χ1) is 5.79. The summed E-state index contributed by atoms with van der Waals surface area (Å²) >= 11 is 0. The van der Waals surface area contributed by atoms with Crippen LogP contribution in [0.1, 0.15) is 20.8 Å². The molecule has 0 aliphatic rings. The summed E-state index contributed by atoms with van der Waals surface area (Å²) in [6.07, 6.45) is -0.812. The molecule has 6 heteroatoms. The highest BCUT2D eigenvalue weighted by atomic mass is 31.2. The molecule has 0 aromatic carbocycles. The van der Waals surface area contributed by atoms with Gasteiger partial charge in [0.05, 0.1) is 0 Å². The molecule has 0 aromatic heterocycles. The lowest BCUT2D eigenvalue weighted by Crippen LogP contribution is -2.45. The lowest BCUT2D eigenvalue weighted by molar-refractivity contribution is 0.0359. The van der Waals surface area contributed by atoms with Crippen molar-refractivity contribution in [3.05, 3.63) is 0 Å². The van der Waals surface area contributed by atoms with E-state index in [4.69, 9.17) is 10.5 Å². The highest BCUT2D eigenvalue weighted by Crippen LogP contribution is 2.55. The highest BCUT2D eigenvalue weighted by Gasteiger charge is 2.45. The molecule has 0 rings (SSSR count). The van der Waals surface area contributed by atoms with Gasteiger partial charge in [-0.25, -0.2) is 0 Å². The van der Waals surface area contributed by atoms with E-state index in [1.807, 2.05) is 0 Å². The maximum Gasteiger partial charge on any atom is 0.337 e. The lowest BCUT2D eigenvalue weighted by Gasteiger charge is -2.33. The molecule has 2 unspecified atom stereocenters. The Labute approximate surface area is 78.8 Å². The van der Waals surface area contributed by atoms with Crippen LogP contribution in [0.2, 0.25) is 0 Å². The Bertz CT molecular complexity index is 207. The van der Waals surface area contributed by atoms with Crippen LogP contribution >= 0.6 is 7.60 Å². The number of hydrogen-bond acceptors (Lipinski definition) is 4. The molecule has 0 radical (unpaired) electrons. The van der Waals surface area contributed by atoms with Crippen LogP contribution in [0.3, 0.4) is 0 Å². The molecule has 0 saturated carbocycles. The molecule has 0 saturated heterocycles. The molecule has 0 aliphatic carbocycles. The minimum absolute atomic E-state index is 0.397. The molecule has 0 spiro atoms. The smallest absolute Gasteiger partial charge is 0.337 e. The molecule has 5 nitrogen and oxygen atoms in total. The molecular formula is C7H18NO4P. The van der Waals surface area contributed by atoms with Crippen molar-refractivity contribution in [2.75, 3.05) is 13.7 Å². The number of nitrogens with two attached hydrogens (primary N) is 1. The molecule has 3 N–H and O–H groups in total. The Morgan fingerprint density at radius 1 is 1.62 bits per heavy atom. The number of rotatable bonds is 5. The van der Waals surface area contributed by atoms with Gasteiger partial charge in [-0.05, 0) is 20.8 Å². The number of hydrogen-bond donors (Lipinski definition) is 2. The molecule has 0 fully saturated rings. The van der Waals surface area contributed by atoms with E-state index in [-0.39, 0.29) is 0 Å². The Morgan fingerprint density at radius 2 is 2.08 bits per heavy atom. The van der Waals surface area contributed by atoms with Gasteiger partial charge in [0.2, 0.25) is 0 Å². The van der Waals surface area contributed by atoms with Crippen LogP contribution in [0.4, 0.5) is 0 Å². The van der Waals surface area contributed by atoms with Gasteiger partial charge in [-0.15, -0.1) is 0 Å². The van der Waals surface area contributed by atoms with Crippen molar-refractivity contribution < 1.29 is 18.7 Å². The summed E-state index contributed by atoms with van der Waals surface area (Å²) in [6.45, 7) is 5.24. The topological polar surface area (TPSA) is 81.8 Å². The average Bonchev–Trinajstić information content (AvgIpc) is 2.04. The van der Waals surface area contributed by atoms with Crippen LogP contribution in [0.15, 0.2) is 0 Å². The lowest BCUT2D eigenvalue weighted by atomic mass is 10.2. The first-order valence-electron chi connectivity index (χ1n) is 4.05. The van der Waals surface area contributed by atoms with E-state index in [9.17, 15) is 9.46 Å². The van der Waals surface area contributed by atoms with Crippen molar-refractivity contribution in [2.45, 2.75) is 32.2 Å². The monoisotopic (exact) mass is 211 g/mol. The zero-order valence-corrected chi connectivity index (χ0v) is 9.38. The first kappa shape index (κ1) is 13.1. The van der Waals surface area contributed by atoms with E-state index >= 15 is 0 Å². The fourth-order valence-electron chi connectivity index (χ4n) is 0.780. The largest absolute Gasteiger partial charge is 0.363 e. The Balaban J connectivity index is 4.64. The van der Waals surface area contributed by atoms with Gasteiger partial charge in [-0.2, -0.15) is 0 Å². The molecule has 80 valence electrons. The van der Waals surface area contributed by atoms with E-state index in [1.165, 1.54) is 21.0 Å². The van der Waals surface area contributed by atoms with Gasteiger partial charge in [0, 0.05) is 13.7 Å². The normalized spacial score (nSPS) is 19.5. The summed E-state index contributed by atoms with van der Waals surface area (Å²) in [7, 11) is -2.53. The van der Waals surface area contributed by atoms with Gasteiger partial charge in [-0.3, -0.25) is 4.57 Å². The van der Waals surface area contributed by atoms with Gasteiger partial charge in [-0.1, -0.05) is 0 Å². The molecule has 0 bridgehead atoms. The third-order valence-electron chi connectivity index (χ3n) is 2.02. The van der Waals surface area contributed by atoms with E-state index in [0.717, 1.165) is 0 Å². The first-order valence-corrected chi connectivity index (χ1v) is 5.63. The predicted molar refractivity (Wildman–Crippen MR) is 50.5 cm³/mol. The van der Waals surface area contributed by atoms with Crippen LogP contribution in [-0.2, 0) is 13.8 Å². The molecular weight excluding hydrogens is 193 g/mol. The van der Waals surface area contributed by atoms with E-state index < -0.39 is 19.0 Å². The maximum absolute atomic E-state index is 11.5. The van der Waals surface area contributed by atoms with Crippen molar-refractivity contribution in [3.63, 3.8) is 0 Å². The van der Waals surface area contributed by atoms with Gasteiger partial charge in [0.25, 0.3) is 0 Å². The molecule has 0 heterocycles. The Morgan fingerprint density at radius 3 is 2.38 bits per heavy atom. The second-order valence-electron chi connectivity index (χ2n) is 3.23. The fraction of sp³-hybridized carbons (Fsp3) is 1.00. The van der Waals surface area contributed by atoms with Crippen molar-refractivity contribution in [1.29, 1.82) is 0 Å². The van der Waals surface area contributed by atoms with Crippen molar-refractivity contribution in [3.8, 4) is 0 Å². The van der Waals surface area contributed by atoms with Gasteiger partial charge in [0.15, 0.2) is 0 Å². The second kappa shape index (κ2) is 4.53. The van der Waals surface area contributed by atoms with Crippen molar-refractivity contribution in [1.82, 2.24) is 0 Å². The SMILES string of the molecule is CCOC(N)C(C)(C)P(=O)(O)OC. The summed E-state index contributed by atoms with van der Waals surface area (Å²) in [5, 5.41) is -1.10. The van der Waals surface area contributed by atoms with Crippen LogP contribution in [0.5, 0.6) is 0 Å². The summed E-state index contributed by atoms with van der Waals surface area (Å²) < 4.78 is 21.1. The molecule has 0 aliphatic heterocycles. The van der Waals surface area contributed by atoms with Gasteiger partial charge < -0.3 is 19.9 Å². The van der Waals surface area contributed by atoms with Crippen LogP contribution in [0.25, 0.3) is 0 Å². The Kier molecular flexibility index (Phi) is 4.55. The molecule has 0 amide bonds. The summed E-state index contributed by atoms with van der Waals surface area (Å²) in [5.74, 6) is 0. The maximum atomic E-state index is 11.5. The highest BCUT2D eigenvalue weighted by molar-refractivity contribution is 7.54. The van der Waals surface area contributed by atoms with Crippen molar-refractivity contribution >= 4 is 7.60 Å². The molecule has 13 heavy (non-hydrogen) atoms. The quantitative estimate of drug-likeness (QED) is 0.522. The second-order valence-corrected chi connectivity index (χ2v) is 5.79. The average molecular weight is 211 g/mol. The minimum Gasteiger partial charge on any atom is -0.363 e. The van der Waals surface area contributed by atoms with Gasteiger partial charge in [0.1, 0.15) is 11.4 Å². The predicted octanol–water partition coefficient (Wildman–Crippen LogP) is 0.918. The minimum atomic E-state index is -3.71. The van der Waals surface area contributed by atoms with Crippen LogP contribution in [0, 0.1) is 0 Å². The van der Waals surface area contributed by atoms with Crippen molar-refractivity contribution in [2.24, 2.45) is 5.73 Å². The van der Waals surface area contributed by atoms with E-state index in [0.29, 0.717) is 6.61 Å². The number of ether oxygens (including phenoxy) is 1. The van der Waals surface area contributed by atoms with E-state index in [1.54, 1.807) is 6.92 Å². The zero-order valence-electron chi connectivity index (χ0n) is 8.48. The van der Waals surface area contributed by atoms with Gasteiger partial charge >= 0.3 is 7.60 Å². The third kappa shape index (κ3) is 2.76. The summed E-state index contributed by atoms with van der Waals surface area (Å²) in [6, 6.07) is 0. The fourth-order valence-corrected chi connectivity index (χ4v) is 1.65. The van der Waals surface area contributed by atoms with Crippen LogP contribution in [-0.4, -0.2) is 30.0 Å². The Hall–Kier alpha value is 0.0700. The van der Waals surface area contributed by atoms with Crippen LogP contribution < -0.4 is 5.73 Å². The van der Waals surface area contributed by atoms with E-state index in [2.05, 4.69) is 4.52 Å².